The maximum absolute atomic E-state index is 12.8. The molecule has 1 aliphatic heterocycles. The molecule has 1 aromatic heterocycles. The number of pyridine rings is 1. The van der Waals surface area contributed by atoms with Crippen LogP contribution in [0.4, 0.5) is 5.69 Å². The molecular weight excluding hydrogens is 394 g/mol. The molecule has 0 radical (unpaired) electrons. The smallest absolute Gasteiger partial charge is 0.243 e. The molecule has 3 rings (SSSR count). The minimum atomic E-state index is -3.65. The third-order valence-corrected chi connectivity index (χ3v) is 6.85. The predicted octanol–water partition coefficient (Wildman–Crippen LogP) is 2.33. The molecule has 0 bridgehead atoms. The van der Waals surface area contributed by atoms with Crippen LogP contribution in [-0.4, -0.2) is 49.6 Å². The Morgan fingerprint density at radius 3 is 2.28 bits per heavy atom. The molecule has 0 saturated carbocycles. The van der Waals surface area contributed by atoms with Gasteiger partial charge in [-0.2, -0.15) is 4.31 Å². The van der Waals surface area contributed by atoms with Crippen molar-refractivity contribution in [1.29, 1.82) is 0 Å². The fraction of sp³-hybridized carbons (Fsp3) is 0.350. The lowest BCUT2D eigenvalue weighted by Crippen LogP contribution is -2.41. The van der Waals surface area contributed by atoms with Gasteiger partial charge < -0.3 is 10.1 Å². The first-order valence-electron chi connectivity index (χ1n) is 9.23. The maximum atomic E-state index is 12.8. The Labute approximate surface area is 169 Å². The molecule has 1 amide bonds. The van der Waals surface area contributed by atoms with Crippen molar-refractivity contribution in [3.05, 3.63) is 48.2 Å². The molecule has 1 aliphatic rings. The largest absolute Gasteiger partial charge is 0.481 e. The van der Waals surface area contributed by atoms with Gasteiger partial charge in [-0.05, 0) is 38.0 Å². The van der Waals surface area contributed by atoms with Crippen LogP contribution in [0.15, 0.2) is 47.5 Å². The number of amides is 1. The van der Waals surface area contributed by atoms with Crippen LogP contribution in [0, 0.1) is 5.92 Å². The summed E-state index contributed by atoms with van der Waals surface area (Å²) in [7, 11) is -2.14. The molecule has 1 fully saturated rings. The van der Waals surface area contributed by atoms with Gasteiger partial charge in [0.25, 0.3) is 0 Å². The van der Waals surface area contributed by atoms with Crippen LogP contribution in [-0.2, 0) is 14.8 Å². The first-order valence-corrected chi connectivity index (χ1v) is 10.7. The second-order valence-electron chi connectivity index (χ2n) is 6.84. The van der Waals surface area contributed by atoms with E-state index in [1.807, 2.05) is 0 Å². The molecule has 1 saturated heterocycles. The number of methoxy groups -OCH3 is 1. The first-order chi connectivity index (χ1) is 13.8. The highest BCUT2D eigenvalue weighted by atomic mass is 32.2. The second kappa shape index (κ2) is 8.71. The maximum Gasteiger partial charge on any atom is 0.243 e. The summed E-state index contributed by atoms with van der Waals surface area (Å²) < 4.78 is 32.0. The van der Waals surface area contributed by atoms with Crippen molar-refractivity contribution in [3.8, 4) is 5.88 Å². The summed E-state index contributed by atoms with van der Waals surface area (Å²) >= 11 is 0. The minimum absolute atomic E-state index is 0.118. The van der Waals surface area contributed by atoms with E-state index in [1.54, 1.807) is 12.1 Å². The number of piperidine rings is 1. The molecule has 1 aromatic carbocycles. The number of nitrogens with one attached hydrogen (secondary N) is 1. The lowest BCUT2D eigenvalue weighted by Gasteiger charge is -2.30. The Morgan fingerprint density at radius 2 is 1.76 bits per heavy atom. The zero-order valence-corrected chi connectivity index (χ0v) is 17.1. The van der Waals surface area contributed by atoms with Gasteiger partial charge in [0.15, 0.2) is 5.78 Å². The number of anilines is 1. The van der Waals surface area contributed by atoms with Crippen molar-refractivity contribution in [1.82, 2.24) is 9.29 Å². The summed E-state index contributed by atoms with van der Waals surface area (Å²) in [6.07, 6.45) is 2.38. The highest BCUT2D eigenvalue weighted by Gasteiger charge is 2.32. The van der Waals surface area contributed by atoms with Crippen molar-refractivity contribution in [2.24, 2.45) is 5.92 Å². The standard InChI is InChI=1S/C20H23N3O5S/c1-14(24)15-3-6-18(7-4-15)29(26,27)23-11-9-16(10-12-23)20(25)22-17-5-8-19(28-2)21-13-17/h3-8,13,16H,9-12H2,1-2H3,(H,22,25). The lowest BCUT2D eigenvalue weighted by molar-refractivity contribution is -0.120. The SMILES string of the molecule is COc1ccc(NC(=O)C2CCN(S(=O)(=O)c3ccc(C(C)=O)cc3)CC2)cn1. The number of nitrogens with zero attached hydrogens (tertiary/aromatic N) is 2. The quantitative estimate of drug-likeness (QED) is 0.723. The summed E-state index contributed by atoms with van der Waals surface area (Å²) in [4.78, 5) is 28.0. The van der Waals surface area contributed by atoms with Gasteiger partial charge in [0, 0.05) is 30.6 Å². The van der Waals surface area contributed by atoms with Crippen molar-refractivity contribution in [2.45, 2.75) is 24.7 Å². The van der Waals surface area contributed by atoms with Crippen LogP contribution < -0.4 is 10.1 Å². The zero-order chi connectivity index (χ0) is 21.0. The average molecular weight is 417 g/mol. The van der Waals surface area contributed by atoms with E-state index >= 15 is 0 Å². The van der Waals surface area contributed by atoms with E-state index in [1.165, 1.54) is 48.8 Å². The Morgan fingerprint density at radius 1 is 1.10 bits per heavy atom. The monoisotopic (exact) mass is 417 g/mol. The van der Waals surface area contributed by atoms with Gasteiger partial charge in [0.2, 0.25) is 21.8 Å². The molecule has 0 spiro atoms. The molecule has 0 unspecified atom stereocenters. The number of ketones is 1. The van der Waals surface area contributed by atoms with Gasteiger partial charge in [-0.25, -0.2) is 13.4 Å². The summed E-state index contributed by atoms with van der Waals surface area (Å²) in [5, 5.41) is 2.81. The summed E-state index contributed by atoms with van der Waals surface area (Å²) in [5.74, 6) is -0.0887. The molecule has 2 aromatic rings. The highest BCUT2D eigenvalue weighted by Crippen LogP contribution is 2.25. The molecule has 8 nitrogen and oxygen atoms in total. The summed E-state index contributed by atoms with van der Waals surface area (Å²) in [5.41, 5.74) is 1.03. The summed E-state index contributed by atoms with van der Waals surface area (Å²) in [6.45, 7) is 1.95. The van der Waals surface area contributed by atoms with E-state index in [4.69, 9.17) is 4.74 Å². The molecule has 9 heteroatoms. The van der Waals surface area contributed by atoms with Gasteiger partial charge in [-0.1, -0.05) is 12.1 Å². The predicted molar refractivity (Wildman–Crippen MR) is 107 cm³/mol. The Bertz CT molecular complexity index is 980. The highest BCUT2D eigenvalue weighted by molar-refractivity contribution is 7.89. The van der Waals surface area contributed by atoms with Crippen LogP contribution in [0.3, 0.4) is 0 Å². The van der Waals surface area contributed by atoms with E-state index in [-0.39, 0.29) is 35.6 Å². The number of rotatable bonds is 6. The molecule has 154 valence electrons. The van der Waals surface area contributed by atoms with Gasteiger partial charge in [0.1, 0.15) is 0 Å². The van der Waals surface area contributed by atoms with Crippen LogP contribution >= 0.6 is 0 Å². The molecule has 29 heavy (non-hydrogen) atoms. The van der Waals surface area contributed by atoms with Gasteiger partial charge in [-0.3, -0.25) is 9.59 Å². The number of Topliss-reactive ketones (excluding diaryl/α,β-unsaturated/α-hetero) is 1. The fourth-order valence-electron chi connectivity index (χ4n) is 3.19. The number of aromatic nitrogens is 1. The lowest BCUT2D eigenvalue weighted by atomic mass is 9.97. The molecular formula is C20H23N3O5S. The van der Waals surface area contributed by atoms with Crippen LogP contribution in [0.25, 0.3) is 0 Å². The topological polar surface area (TPSA) is 106 Å². The number of hydrogen-bond donors (Lipinski definition) is 1. The zero-order valence-electron chi connectivity index (χ0n) is 16.3. The van der Waals surface area contributed by atoms with Gasteiger partial charge >= 0.3 is 0 Å². The van der Waals surface area contributed by atoms with E-state index in [0.29, 0.717) is 30.0 Å². The summed E-state index contributed by atoms with van der Waals surface area (Å²) in [6, 6.07) is 9.27. The number of hydrogen-bond acceptors (Lipinski definition) is 6. The first kappa shape index (κ1) is 20.9. The third kappa shape index (κ3) is 4.80. The van der Waals surface area contributed by atoms with Crippen LogP contribution in [0.2, 0.25) is 0 Å². The normalized spacial score (nSPS) is 15.7. The fourth-order valence-corrected chi connectivity index (χ4v) is 4.66. The van der Waals surface area contributed by atoms with Gasteiger partial charge in [0.05, 0.1) is 23.9 Å². The van der Waals surface area contributed by atoms with Crippen molar-refractivity contribution in [3.63, 3.8) is 0 Å². The third-order valence-electron chi connectivity index (χ3n) is 4.94. The number of ether oxygens (including phenoxy) is 1. The molecule has 1 N–H and O–H groups in total. The Balaban J connectivity index is 1.60. The average Bonchev–Trinajstić information content (AvgIpc) is 2.74. The number of carbonyl (C=O) groups excluding carboxylic acids is 2. The van der Waals surface area contributed by atoms with E-state index in [0.717, 1.165) is 0 Å². The Hall–Kier alpha value is -2.78. The second-order valence-corrected chi connectivity index (χ2v) is 8.78. The number of sulfonamides is 1. The molecule has 0 aliphatic carbocycles. The number of benzene rings is 1. The van der Waals surface area contributed by atoms with Crippen LogP contribution in [0.1, 0.15) is 30.1 Å². The van der Waals surface area contributed by atoms with E-state index in [9.17, 15) is 18.0 Å². The van der Waals surface area contributed by atoms with Crippen LogP contribution in [0.5, 0.6) is 5.88 Å². The van der Waals surface area contributed by atoms with Gasteiger partial charge in [-0.15, -0.1) is 0 Å². The van der Waals surface area contributed by atoms with Crippen molar-refractivity contribution in [2.75, 3.05) is 25.5 Å². The van der Waals surface area contributed by atoms with E-state index in [2.05, 4.69) is 10.3 Å². The number of carbonyl (C=O) groups is 2. The Kier molecular flexibility index (Phi) is 6.29. The van der Waals surface area contributed by atoms with Crippen molar-refractivity contribution >= 4 is 27.4 Å². The molecule has 0 atom stereocenters. The molecule has 2 heterocycles. The van der Waals surface area contributed by atoms with E-state index < -0.39 is 10.0 Å². The minimum Gasteiger partial charge on any atom is -0.481 e. The van der Waals surface area contributed by atoms with Crippen molar-refractivity contribution < 1.29 is 22.7 Å².